The van der Waals surface area contributed by atoms with Crippen LogP contribution in [0.25, 0.3) is 0 Å². The number of hydrogen-bond donors (Lipinski definition) is 0. The Bertz CT molecular complexity index is 241. The van der Waals surface area contributed by atoms with E-state index in [0.29, 0.717) is 5.54 Å². The lowest BCUT2D eigenvalue weighted by Gasteiger charge is -2.55. The largest absolute Gasteiger partial charge is 0.299 e. The summed E-state index contributed by atoms with van der Waals surface area (Å²) in [5.74, 6) is 0. The highest BCUT2D eigenvalue weighted by atomic mass is 15.3. The van der Waals surface area contributed by atoms with Crippen molar-refractivity contribution in [3.8, 4) is 0 Å². The molecule has 2 rings (SSSR count). The number of likely N-dealkylation sites (tertiary alicyclic amines) is 2. The lowest BCUT2D eigenvalue weighted by atomic mass is 9.76. The Morgan fingerprint density at radius 2 is 1.56 bits per heavy atom. The molecule has 1 unspecified atom stereocenters. The Kier molecular flexibility index (Phi) is 5.08. The van der Waals surface area contributed by atoms with Gasteiger partial charge in [-0.25, -0.2) is 0 Å². The summed E-state index contributed by atoms with van der Waals surface area (Å²) in [6.07, 6.45) is 9.76. The molecular formula is C16H32N2. The molecule has 2 heteroatoms. The zero-order valence-electron chi connectivity index (χ0n) is 12.7. The van der Waals surface area contributed by atoms with Crippen LogP contribution in [0.2, 0.25) is 0 Å². The summed E-state index contributed by atoms with van der Waals surface area (Å²) in [6, 6.07) is 0.821. The molecule has 0 N–H and O–H groups in total. The molecule has 106 valence electrons. The standard InChI is InChI=1S/C16H32N2/c1-4-16(5-2)15(11-10-14-18(16)6-3)17-12-8-7-9-13-17/h15H,4-14H2,1-3H3. The summed E-state index contributed by atoms with van der Waals surface area (Å²) in [7, 11) is 0. The molecule has 0 saturated carbocycles. The van der Waals surface area contributed by atoms with E-state index in [1.165, 1.54) is 71.1 Å². The Morgan fingerprint density at radius 1 is 0.889 bits per heavy atom. The Hall–Kier alpha value is -0.0800. The van der Waals surface area contributed by atoms with Gasteiger partial charge in [0.15, 0.2) is 0 Å². The number of nitrogens with zero attached hydrogens (tertiary/aromatic N) is 2. The van der Waals surface area contributed by atoms with Gasteiger partial charge in [0.2, 0.25) is 0 Å². The first-order chi connectivity index (χ1) is 8.78. The normalized spacial score (nSPS) is 30.5. The summed E-state index contributed by atoms with van der Waals surface area (Å²) in [6.45, 7) is 12.4. The Balaban J connectivity index is 2.18. The third-order valence-electron chi connectivity index (χ3n) is 5.59. The monoisotopic (exact) mass is 252 g/mol. The van der Waals surface area contributed by atoms with Gasteiger partial charge < -0.3 is 0 Å². The first-order valence-corrected chi connectivity index (χ1v) is 8.27. The van der Waals surface area contributed by atoms with Crippen LogP contribution in [0.3, 0.4) is 0 Å². The van der Waals surface area contributed by atoms with Crippen molar-refractivity contribution in [3.63, 3.8) is 0 Å². The lowest BCUT2D eigenvalue weighted by molar-refractivity contribution is -0.0468. The van der Waals surface area contributed by atoms with Crippen LogP contribution >= 0.6 is 0 Å². The molecule has 1 atom stereocenters. The molecule has 2 saturated heterocycles. The molecule has 0 aromatic carbocycles. The maximum atomic E-state index is 2.83. The summed E-state index contributed by atoms with van der Waals surface area (Å²) in [5.41, 5.74) is 0.463. The third kappa shape index (κ3) is 2.46. The SMILES string of the molecule is CCN1CCCC(N2CCCCC2)C1(CC)CC. The van der Waals surface area contributed by atoms with Gasteiger partial charge in [0.1, 0.15) is 0 Å². The van der Waals surface area contributed by atoms with Crippen LogP contribution in [0, 0.1) is 0 Å². The van der Waals surface area contributed by atoms with Crippen molar-refractivity contribution in [2.75, 3.05) is 26.2 Å². The molecule has 0 spiro atoms. The topological polar surface area (TPSA) is 6.48 Å². The second-order valence-corrected chi connectivity index (χ2v) is 6.15. The van der Waals surface area contributed by atoms with Crippen molar-refractivity contribution >= 4 is 0 Å². The Labute approximate surface area is 114 Å². The highest BCUT2D eigenvalue weighted by Gasteiger charge is 2.45. The molecule has 2 nitrogen and oxygen atoms in total. The Morgan fingerprint density at radius 3 is 2.11 bits per heavy atom. The van der Waals surface area contributed by atoms with E-state index in [2.05, 4.69) is 30.6 Å². The second kappa shape index (κ2) is 6.38. The van der Waals surface area contributed by atoms with E-state index >= 15 is 0 Å². The number of hydrogen-bond acceptors (Lipinski definition) is 2. The van der Waals surface area contributed by atoms with Gasteiger partial charge in [0.05, 0.1) is 0 Å². The highest BCUT2D eigenvalue weighted by Crippen LogP contribution is 2.38. The number of rotatable bonds is 4. The van der Waals surface area contributed by atoms with E-state index in [9.17, 15) is 0 Å². The fraction of sp³-hybridized carbons (Fsp3) is 1.00. The average molecular weight is 252 g/mol. The molecule has 0 amide bonds. The molecule has 2 aliphatic rings. The maximum absolute atomic E-state index is 2.83. The van der Waals surface area contributed by atoms with Crippen molar-refractivity contribution in [2.24, 2.45) is 0 Å². The van der Waals surface area contributed by atoms with Crippen molar-refractivity contribution in [1.29, 1.82) is 0 Å². The van der Waals surface area contributed by atoms with E-state index in [1.54, 1.807) is 0 Å². The predicted molar refractivity (Wildman–Crippen MR) is 79.0 cm³/mol. The van der Waals surface area contributed by atoms with Crippen LogP contribution in [0.5, 0.6) is 0 Å². The van der Waals surface area contributed by atoms with Crippen LogP contribution in [0.1, 0.15) is 65.7 Å². The first-order valence-electron chi connectivity index (χ1n) is 8.27. The summed E-state index contributed by atoms with van der Waals surface area (Å²) >= 11 is 0. The van der Waals surface area contributed by atoms with Crippen molar-refractivity contribution < 1.29 is 0 Å². The van der Waals surface area contributed by atoms with Crippen molar-refractivity contribution in [2.45, 2.75) is 77.3 Å². The minimum atomic E-state index is 0.463. The second-order valence-electron chi connectivity index (χ2n) is 6.15. The van der Waals surface area contributed by atoms with E-state index in [-0.39, 0.29) is 0 Å². The molecular weight excluding hydrogens is 220 g/mol. The van der Waals surface area contributed by atoms with Crippen molar-refractivity contribution in [1.82, 2.24) is 9.80 Å². The zero-order chi connectivity index (χ0) is 13.0. The van der Waals surface area contributed by atoms with Gasteiger partial charge in [-0.05, 0) is 64.7 Å². The highest BCUT2D eigenvalue weighted by molar-refractivity contribution is 5.03. The van der Waals surface area contributed by atoms with Crippen LogP contribution in [0.4, 0.5) is 0 Å². The van der Waals surface area contributed by atoms with Crippen LogP contribution in [-0.4, -0.2) is 47.6 Å². The van der Waals surface area contributed by atoms with Crippen LogP contribution in [-0.2, 0) is 0 Å². The molecule has 18 heavy (non-hydrogen) atoms. The minimum absolute atomic E-state index is 0.463. The van der Waals surface area contributed by atoms with Crippen LogP contribution < -0.4 is 0 Å². The molecule has 0 aromatic rings. The average Bonchev–Trinajstić information content (AvgIpc) is 2.47. The molecule has 0 bridgehead atoms. The summed E-state index contributed by atoms with van der Waals surface area (Å²) in [4.78, 5) is 5.62. The summed E-state index contributed by atoms with van der Waals surface area (Å²) in [5, 5.41) is 0. The first kappa shape index (κ1) is 14.3. The number of likely N-dealkylation sites (N-methyl/N-ethyl adjacent to an activating group) is 1. The third-order valence-corrected chi connectivity index (χ3v) is 5.59. The van der Waals surface area contributed by atoms with Gasteiger partial charge >= 0.3 is 0 Å². The quantitative estimate of drug-likeness (QED) is 0.755. The van der Waals surface area contributed by atoms with Gasteiger partial charge in [-0.1, -0.05) is 27.2 Å². The van der Waals surface area contributed by atoms with E-state index in [1.807, 2.05) is 0 Å². The van der Waals surface area contributed by atoms with Crippen molar-refractivity contribution in [3.05, 3.63) is 0 Å². The van der Waals surface area contributed by atoms with Gasteiger partial charge in [-0.2, -0.15) is 0 Å². The molecule has 0 radical (unpaired) electrons. The van der Waals surface area contributed by atoms with Gasteiger partial charge in [0.25, 0.3) is 0 Å². The minimum Gasteiger partial charge on any atom is -0.299 e. The van der Waals surface area contributed by atoms with Crippen LogP contribution in [0.15, 0.2) is 0 Å². The summed E-state index contributed by atoms with van der Waals surface area (Å²) < 4.78 is 0. The fourth-order valence-electron chi connectivity index (χ4n) is 4.57. The molecule has 0 aromatic heterocycles. The van der Waals surface area contributed by atoms with Gasteiger partial charge in [-0.3, -0.25) is 9.80 Å². The van der Waals surface area contributed by atoms with E-state index in [0.717, 1.165) is 6.04 Å². The predicted octanol–water partition coefficient (Wildman–Crippen LogP) is 3.52. The molecule has 0 aliphatic carbocycles. The molecule has 2 fully saturated rings. The fourth-order valence-corrected chi connectivity index (χ4v) is 4.57. The number of piperidine rings is 2. The van der Waals surface area contributed by atoms with E-state index < -0.39 is 0 Å². The smallest absolute Gasteiger partial charge is 0.0359 e. The molecule has 2 heterocycles. The molecule has 2 aliphatic heterocycles. The van der Waals surface area contributed by atoms with Gasteiger partial charge in [-0.15, -0.1) is 0 Å². The zero-order valence-corrected chi connectivity index (χ0v) is 12.7. The van der Waals surface area contributed by atoms with Gasteiger partial charge in [0, 0.05) is 11.6 Å². The van der Waals surface area contributed by atoms with E-state index in [4.69, 9.17) is 0 Å². The lowest BCUT2D eigenvalue weighted by Crippen LogP contribution is -2.65. The maximum Gasteiger partial charge on any atom is 0.0359 e.